The molecule has 2 aromatic carbocycles. The Bertz CT molecular complexity index is 988. The molecule has 1 saturated carbocycles. The lowest BCUT2D eigenvalue weighted by Crippen LogP contribution is -2.48. The molecule has 0 spiro atoms. The fourth-order valence-electron chi connectivity index (χ4n) is 4.68. The largest absolute Gasteiger partial charge is 0.480 e. The molecule has 2 aliphatic rings. The first-order valence-electron chi connectivity index (χ1n) is 11.1. The van der Waals surface area contributed by atoms with Crippen LogP contribution in [0.4, 0.5) is 4.79 Å². The van der Waals surface area contributed by atoms with Gasteiger partial charge in [0.05, 0.1) is 6.61 Å². The summed E-state index contributed by atoms with van der Waals surface area (Å²) in [5.74, 6) is -1.35. The second kappa shape index (κ2) is 10.0. The predicted molar refractivity (Wildman–Crippen MR) is 121 cm³/mol. The van der Waals surface area contributed by atoms with E-state index in [2.05, 4.69) is 34.9 Å². The predicted octanol–water partition coefficient (Wildman–Crippen LogP) is 2.91. The number of carboxylic acids is 1. The lowest BCUT2D eigenvalue weighted by Gasteiger charge is -2.35. The van der Waals surface area contributed by atoms with Crippen molar-refractivity contribution in [1.82, 2.24) is 10.6 Å². The van der Waals surface area contributed by atoms with Crippen molar-refractivity contribution in [1.29, 1.82) is 0 Å². The minimum Gasteiger partial charge on any atom is -0.480 e. The van der Waals surface area contributed by atoms with Crippen LogP contribution in [0, 0.1) is 5.92 Å². The highest BCUT2D eigenvalue weighted by molar-refractivity contribution is 5.84. The van der Waals surface area contributed by atoms with Gasteiger partial charge in [0, 0.05) is 25.5 Å². The quantitative estimate of drug-likeness (QED) is 0.539. The van der Waals surface area contributed by atoms with E-state index in [-0.39, 0.29) is 43.4 Å². The summed E-state index contributed by atoms with van der Waals surface area (Å²) in [5.41, 5.74) is 4.68. The minimum absolute atomic E-state index is 0.00951. The molecule has 0 heterocycles. The topological polar surface area (TPSA) is 114 Å². The maximum Gasteiger partial charge on any atom is 0.407 e. The highest BCUT2D eigenvalue weighted by Crippen LogP contribution is 2.44. The second-order valence-corrected chi connectivity index (χ2v) is 8.62. The summed E-state index contributed by atoms with van der Waals surface area (Å²) in [7, 11) is 1.38. The van der Waals surface area contributed by atoms with E-state index < -0.39 is 18.1 Å². The molecular formula is C25H28N2O6. The Labute approximate surface area is 192 Å². The smallest absolute Gasteiger partial charge is 0.407 e. The molecule has 2 aliphatic carbocycles. The van der Waals surface area contributed by atoms with Crippen molar-refractivity contribution < 1.29 is 29.0 Å². The average Bonchev–Trinajstić information content (AvgIpc) is 3.09. The van der Waals surface area contributed by atoms with Gasteiger partial charge in [0.25, 0.3) is 0 Å². The van der Waals surface area contributed by atoms with Crippen molar-refractivity contribution in [3.63, 3.8) is 0 Å². The number of fused-ring (bicyclic) bond motifs is 3. The van der Waals surface area contributed by atoms with Crippen molar-refractivity contribution in [3.05, 3.63) is 59.7 Å². The number of carbonyl (C=O) groups is 3. The first-order chi connectivity index (χ1) is 16.0. The van der Waals surface area contributed by atoms with Gasteiger partial charge in [-0.05, 0) is 41.0 Å². The fourth-order valence-corrected chi connectivity index (χ4v) is 4.68. The summed E-state index contributed by atoms with van der Waals surface area (Å²) >= 11 is 0. The van der Waals surface area contributed by atoms with Crippen molar-refractivity contribution >= 4 is 18.0 Å². The molecule has 33 heavy (non-hydrogen) atoms. The monoisotopic (exact) mass is 452 g/mol. The van der Waals surface area contributed by atoms with Crippen LogP contribution in [-0.2, 0) is 19.1 Å². The zero-order chi connectivity index (χ0) is 23.4. The third-order valence-corrected chi connectivity index (χ3v) is 6.34. The number of carboxylic acid groups (broad SMARTS) is 1. The molecule has 1 atom stereocenters. The van der Waals surface area contributed by atoms with Crippen molar-refractivity contribution in [2.45, 2.75) is 37.3 Å². The lowest BCUT2D eigenvalue weighted by atomic mass is 9.78. The van der Waals surface area contributed by atoms with E-state index >= 15 is 0 Å². The van der Waals surface area contributed by atoms with E-state index in [0.717, 1.165) is 11.1 Å². The van der Waals surface area contributed by atoms with Gasteiger partial charge in [-0.15, -0.1) is 0 Å². The Balaban J connectivity index is 1.22. The van der Waals surface area contributed by atoms with Crippen LogP contribution in [0.1, 0.15) is 36.3 Å². The van der Waals surface area contributed by atoms with Crippen LogP contribution in [0.5, 0.6) is 0 Å². The van der Waals surface area contributed by atoms with Gasteiger partial charge in [0.15, 0.2) is 6.04 Å². The minimum atomic E-state index is -1.13. The molecule has 2 amide bonds. The van der Waals surface area contributed by atoms with Crippen LogP contribution >= 0.6 is 0 Å². The molecule has 0 bridgehead atoms. The van der Waals surface area contributed by atoms with E-state index in [4.69, 9.17) is 14.6 Å². The number of ether oxygens (including phenoxy) is 2. The summed E-state index contributed by atoms with van der Waals surface area (Å²) in [6, 6.07) is 15.2. The maximum absolute atomic E-state index is 12.4. The van der Waals surface area contributed by atoms with E-state index in [1.807, 2.05) is 24.3 Å². The summed E-state index contributed by atoms with van der Waals surface area (Å²) in [4.78, 5) is 35.5. The number of benzene rings is 2. The number of methoxy groups -OCH3 is 1. The molecule has 1 fully saturated rings. The Morgan fingerprint density at radius 2 is 1.64 bits per heavy atom. The van der Waals surface area contributed by atoms with Gasteiger partial charge < -0.3 is 25.2 Å². The Hall–Kier alpha value is -3.39. The van der Waals surface area contributed by atoms with Crippen LogP contribution in [0.15, 0.2) is 48.5 Å². The third kappa shape index (κ3) is 5.17. The van der Waals surface area contributed by atoms with Crippen LogP contribution in [-0.4, -0.2) is 55.5 Å². The van der Waals surface area contributed by atoms with Crippen LogP contribution in [0.25, 0.3) is 11.1 Å². The van der Waals surface area contributed by atoms with E-state index in [9.17, 15) is 14.4 Å². The first-order valence-corrected chi connectivity index (χ1v) is 11.1. The van der Waals surface area contributed by atoms with Crippen LogP contribution in [0.3, 0.4) is 0 Å². The number of amides is 2. The Kier molecular flexibility index (Phi) is 6.93. The first kappa shape index (κ1) is 22.8. The molecule has 4 rings (SSSR count). The maximum atomic E-state index is 12.4. The molecule has 8 nitrogen and oxygen atoms in total. The van der Waals surface area contributed by atoms with Gasteiger partial charge in [0.2, 0.25) is 5.91 Å². The van der Waals surface area contributed by atoms with Gasteiger partial charge >= 0.3 is 12.1 Å². The molecule has 0 saturated heterocycles. The number of hydrogen-bond acceptors (Lipinski definition) is 5. The number of hydrogen-bond donors (Lipinski definition) is 3. The standard InChI is InChI=1S/C25H28N2O6/c1-32-14-22(24(29)30)27-23(28)12-15-10-16(11-15)26-25(31)33-13-21-19-8-4-2-6-17(19)18-7-3-5-9-20(18)21/h2-9,15-16,21-22H,10-14H2,1H3,(H,26,31)(H,27,28)(H,29,30). The molecule has 3 N–H and O–H groups in total. The number of aliphatic carboxylic acids is 1. The second-order valence-electron chi connectivity index (χ2n) is 8.62. The van der Waals surface area contributed by atoms with Gasteiger partial charge in [-0.25, -0.2) is 9.59 Å². The molecule has 0 aliphatic heterocycles. The third-order valence-electron chi connectivity index (χ3n) is 6.34. The summed E-state index contributed by atoms with van der Waals surface area (Å²) in [6.45, 7) is 0.173. The Morgan fingerprint density at radius 1 is 1.03 bits per heavy atom. The number of carbonyl (C=O) groups excluding carboxylic acids is 2. The molecule has 174 valence electrons. The normalized spacial score (nSPS) is 19.5. The highest BCUT2D eigenvalue weighted by Gasteiger charge is 2.34. The average molecular weight is 453 g/mol. The number of nitrogens with one attached hydrogen (secondary N) is 2. The van der Waals surface area contributed by atoms with Gasteiger partial charge in [-0.1, -0.05) is 48.5 Å². The van der Waals surface area contributed by atoms with Crippen molar-refractivity contribution in [2.75, 3.05) is 20.3 Å². The van der Waals surface area contributed by atoms with Crippen molar-refractivity contribution in [2.24, 2.45) is 5.92 Å². The molecular weight excluding hydrogens is 424 g/mol. The summed E-state index contributed by atoms with van der Waals surface area (Å²) in [5, 5.41) is 14.4. The molecule has 0 aromatic heterocycles. The highest BCUT2D eigenvalue weighted by atomic mass is 16.5. The van der Waals surface area contributed by atoms with E-state index in [0.29, 0.717) is 12.8 Å². The molecule has 2 aromatic rings. The molecule has 8 heteroatoms. The zero-order valence-corrected chi connectivity index (χ0v) is 18.5. The van der Waals surface area contributed by atoms with Crippen molar-refractivity contribution in [3.8, 4) is 11.1 Å². The van der Waals surface area contributed by atoms with Crippen LogP contribution in [0.2, 0.25) is 0 Å². The molecule has 0 radical (unpaired) electrons. The summed E-state index contributed by atoms with van der Waals surface area (Å²) in [6.07, 6.45) is 1.06. The van der Waals surface area contributed by atoms with Gasteiger partial charge in [-0.2, -0.15) is 0 Å². The lowest BCUT2D eigenvalue weighted by molar-refractivity contribution is -0.143. The number of alkyl carbamates (subject to hydrolysis) is 1. The Morgan fingerprint density at radius 3 is 2.21 bits per heavy atom. The van der Waals surface area contributed by atoms with Gasteiger partial charge in [0.1, 0.15) is 6.61 Å². The number of rotatable bonds is 9. The van der Waals surface area contributed by atoms with E-state index in [1.165, 1.54) is 18.2 Å². The fraction of sp³-hybridized carbons (Fsp3) is 0.400. The van der Waals surface area contributed by atoms with Crippen LogP contribution < -0.4 is 10.6 Å². The molecule has 1 unspecified atom stereocenters. The van der Waals surface area contributed by atoms with Gasteiger partial charge in [-0.3, -0.25) is 4.79 Å². The zero-order valence-electron chi connectivity index (χ0n) is 18.5. The summed E-state index contributed by atoms with van der Waals surface area (Å²) < 4.78 is 10.4. The SMILES string of the molecule is COCC(NC(=O)CC1CC(NC(=O)OCC2c3ccccc3-c3ccccc32)C1)C(=O)O. The van der Waals surface area contributed by atoms with E-state index in [1.54, 1.807) is 0 Å².